The Balaban J connectivity index is 1.47. The van der Waals surface area contributed by atoms with Crippen molar-refractivity contribution in [2.45, 2.75) is 31.3 Å². The molecule has 4 heterocycles. The summed E-state index contributed by atoms with van der Waals surface area (Å²) >= 11 is 4.74. The van der Waals surface area contributed by atoms with Crippen LogP contribution in [0.2, 0.25) is 0 Å². The quantitative estimate of drug-likeness (QED) is 0.316. The molecule has 0 amide bonds. The Kier molecular flexibility index (Phi) is 5.47. The van der Waals surface area contributed by atoms with Crippen LogP contribution in [0.25, 0.3) is 27.5 Å². The molecule has 0 unspecified atom stereocenters. The average molecular weight is 466 g/mol. The number of thiophene rings is 1. The van der Waals surface area contributed by atoms with Gasteiger partial charge in [-0.15, -0.1) is 32.9 Å². The Morgan fingerprint density at radius 1 is 1.13 bits per heavy atom. The molecule has 9 heteroatoms. The molecule has 0 aliphatic rings. The van der Waals surface area contributed by atoms with Gasteiger partial charge in [-0.3, -0.25) is 9.20 Å². The summed E-state index contributed by atoms with van der Waals surface area (Å²) in [4.78, 5) is 18.8. The van der Waals surface area contributed by atoms with Gasteiger partial charge in [0, 0.05) is 51.3 Å². The number of fused-ring (bicyclic) bond motifs is 1. The summed E-state index contributed by atoms with van der Waals surface area (Å²) in [6.45, 7) is 5.00. The van der Waals surface area contributed by atoms with Crippen LogP contribution in [0, 0.1) is 6.92 Å². The van der Waals surface area contributed by atoms with Gasteiger partial charge >= 0.3 is 0 Å². The van der Waals surface area contributed by atoms with Crippen LogP contribution in [0.1, 0.15) is 17.5 Å². The van der Waals surface area contributed by atoms with E-state index in [2.05, 4.69) is 63.2 Å². The summed E-state index contributed by atoms with van der Waals surface area (Å²) in [5, 5.41) is 13.9. The Morgan fingerprint density at radius 2 is 1.97 bits per heavy atom. The third-order valence-corrected chi connectivity index (χ3v) is 7.68. The highest BCUT2D eigenvalue weighted by Gasteiger charge is 2.20. The van der Waals surface area contributed by atoms with E-state index < -0.39 is 0 Å². The Bertz CT molecular complexity index is 1410. The molecule has 0 bridgehead atoms. The van der Waals surface area contributed by atoms with Gasteiger partial charge in [0.05, 0.1) is 5.69 Å². The molecule has 0 saturated carbocycles. The second-order valence-corrected chi connectivity index (χ2v) is 9.83. The first-order chi connectivity index (χ1) is 15.2. The van der Waals surface area contributed by atoms with Gasteiger partial charge in [0.1, 0.15) is 0 Å². The maximum absolute atomic E-state index is 12.2. The van der Waals surface area contributed by atoms with Gasteiger partial charge in [-0.2, -0.15) is 0 Å². The Labute approximate surface area is 191 Å². The van der Waals surface area contributed by atoms with Crippen LogP contribution < -0.4 is 5.56 Å². The van der Waals surface area contributed by atoms with Crippen LogP contribution in [-0.2, 0) is 12.3 Å². The molecule has 0 fully saturated rings. The lowest BCUT2D eigenvalue weighted by molar-refractivity contribution is 0.687. The summed E-state index contributed by atoms with van der Waals surface area (Å²) in [5.41, 5.74) is 4.19. The highest BCUT2D eigenvalue weighted by molar-refractivity contribution is 7.98. The van der Waals surface area contributed by atoms with Crippen molar-refractivity contribution in [2.75, 3.05) is 0 Å². The second kappa shape index (κ2) is 8.41. The zero-order chi connectivity index (χ0) is 21.4. The topological polar surface area (TPSA) is 65.1 Å². The molecule has 31 heavy (non-hydrogen) atoms. The molecule has 0 saturated heterocycles. The van der Waals surface area contributed by atoms with E-state index in [0.29, 0.717) is 10.7 Å². The minimum atomic E-state index is -0.0549. The molecule has 0 radical (unpaired) electrons. The third-order valence-electron chi connectivity index (χ3n) is 5.02. The first kappa shape index (κ1) is 20.2. The van der Waals surface area contributed by atoms with Crippen molar-refractivity contribution in [2.24, 2.45) is 0 Å². The lowest BCUT2D eigenvalue weighted by Gasteiger charge is -2.09. The normalized spacial score (nSPS) is 11.4. The Hall–Kier alpha value is -2.75. The van der Waals surface area contributed by atoms with Crippen LogP contribution in [0.5, 0.6) is 0 Å². The predicted octanol–water partition coefficient (Wildman–Crippen LogP) is 5.36. The largest absolute Gasteiger partial charge is 0.302 e. The minimum Gasteiger partial charge on any atom is -0.302 e. The van der Waals surface area contributed by atoms with Crippen LogP contribution >= 0.6 is 34.4 Å². The van der Waals surface area contributed by atoms with E-state index in [1.807, 2.05) is 11.4 Å². The van der Waals surface area contributed by atoms with Crippen molar-refractivity contribution >= 4 is 39.4 Å². The summed E-state index contributed by atoms with van der Waals surface area (Å²) in [7, 11) is 0. The Morgan fingerprint density at radius 3 is 2.77 bits per heavy atom. The van der Waals surface area contributed by atoms with Crippen molar-refractivity contribution in [3.8, 4) is 22.5 Å². The van der Waals surface area contributed by atoms with Gasteiger partial charge < -0.3 is 4.57 Å². The van der Waals surface area contributed by atoms with E-state index in [1.54, 1.807) is 39.8 Å². The number of hydrogen-bond donors (Lipinski definition) is 0. The highest BCUT2D eigenvalue weighted by atomic mass is 32.2. The zero-order valence-corrected chi connectivity index (χ0v) is 19.4. The molecule has 1 aromatic carbocycles. The van der Waals surface area contributed by atoms with E-state index in [-0.39, 0.29) is 5.56 Å². The highest BCUT2D eigenvalue weighted by Crippen LogP contribution is 2.39. The van der Waals surface area contributed by atoms with Gasteiger partial charge in [0.15, 0.2) is 15.9 Å². The summed E-state index contributed by atoms with van der Waals surface area (Å²) in [6.07, 6.45) is 1.75. The number of nitrogens with zero attached hydrogens (tertiary/aromatic N) is 5. The number of aromatic nitrogens is 5. The van der Waals surface area contributed by atoms with Crippen LogP contribution in [0.4, 0.5) is 0 Å². The van der Waals surface area contributed by atoms with E-state index >= 15 is 0 Å². The minimum absolute atomic E-state index is 0.0549. The van der Waals surface area contributed by atoms with E-state index in [9.17, 15) is 4.79 Å². The van der Waals surface area contributed by atoms with Gasteiger partial charge in [-0.25, -0.2) is 4.98 Å². The van der Waals surface area contributed by atoms with Gasteiger partial charge in [-0.1, -0.05) is 42.1 Å². The molecular weight excluding hydrogens is 446 g/mol. The standard InChI is InChI=1S/C22H19N5OS3/c1-3-26-20(17-13-30-14(2)19(17)15-7-5-4-6-8-15)24-25-22(26)31-12-16-11-18(28)27-9-10-29-21(27)23-16/h4-11,13H,3,12H2,1-2H3. The molecular formula is C22H19N5OS3. The summed E-state index contributed by atoms with van der Waals surface area (Å²) < 4.78 is 3.70. The van der Waals surface area contributed by atoms with Crippen LogP contribution in [-0.4, -0.2) is 24.1 Å². The van der Waals surface area contributed by atoms with Crippen LogP contribution in [0.3, 0.4) is 0 Å². The SMILES string of the molecule is CCn1c(SCc2cc(=O)n3ccsc3n2)nnc1-c1csc(C)c1-c1ccccc1. The smallest absolute Gasteiger partial charge is 0.258 e. The predicted molar refractivity (Wildman–Crippen MR) is 128 cm³/mol. The van der Waals surface area contributed by atoms with Gasteiger partial charge in [-0.05, 0) is 19.4 Å². The average Bonchev–Trinajstić information content (AvgIpc) is 3.50. The molecule has 4 aromatic heterocycles. The molecule has 0 aliphatic heterocycles. The van der Waals surface area contributed by atoms with Gasteiger partial charge in [0.25, 0.3) is 5.56 Å². The second-order valence-electron chi connectivity index (χ2n) is 6.93. The lowest BCUT2D eigenvalue weighted by Crippen LogP contribution is -2.12. The van der Waals surface area contributed by atoms with Gasteiger partial charge in [0.2, 0.25) is 0 Å². The van der Waals surface area contributed by atoms with Crippen molar-refractivity contribution in [1.29, 1.82) is 0 Å². The number of aryl methyl sites for hydroxylation is 1. The van der Waals surface area contributed by atoms with E-state index in [1.165, 1.54) is 27.3 Å². The number of benzene rings is 1. The van der Waals surface area contributed by atoms with Crippen molar-refractivity contribution in [3.63, 3.8) is 0 Å². The third kappa shape index (κ3) is 3.73. The molecule has 156 valence electrons. The fraction of sp³-hybridized carbons (Fsp3) is 0.182. The number of thiazole rings is 1. The molecule has 5 aromatic rings. The monoisotopic (exact) mass is 465 g/mol. The summed E-state index contributed by atoms with van der Waals surface area (Å²) in [6, 6.07) is 12.0. The number of thioether (sulfide) groups is 1. The van der Waals surface area contributed by atoms with Crippen molar-refractivity contribution in [1.82, 2.24) is 24.1 Å². The molecule has 6 nitrogen and oxygen atoms in total. The maximum atomic E-state index is 12.2. The molecule has 5 rings (SSSR count). The van der Waals surface area contributed by atoms with E-state index in [0.717, 1.165) is 28.8 Å². The number of rotatable bonds is 6. The molecule has 0 atom stereocenters. The first-order valence-electron chi connectivity index (χ1n) is 9.81. The maximum Gasteiger partial charge on any atom is 0.258 e. The van der Waals surface area contributed by atoms with E-state index in [4.69, 9.17) is 0 Å². The molecule has 0 N–H and O–H groups in total. The fourth-order valence-electron chi connectivity index (χ4n) is 3.56. The van der Waals surface area contributed by atoms with Crippen molar-refractivity contribution in [3.05, 3.63) is 74.3 Å². The first-order valence-corrected chi connectivity index (χ1v) is 12.6. The number of hydrogen-bond acceptors (Lipinski definition) is 7. The molecule has 0 aliphatic carbocycles. The lowest BCUT2D eigenvalue weighted by atomic mass is 10.0. The fourth-order valence-corrected chi connectivity index (χ4v) is 6.06. The zero-order valence-electron chi connectivity index (χ0n) is 17.0. The van der Waals surface area contributed by atoms with Crippen LogP contribution in [0.15, 0.2) is 63.3 Å². The molecule has 0 spiro atoms. The summed E-state index contributed by atoms with van der Waals surface area (Å²) in [5.74, 6) is 1.44. The van der Waals surface area contributed by atoms with Crippen molar-refractivity contribution < 1.29 is 0 Å².